The fourth-order valence-corrected chi connectivity index (χ4v) is 11.3. The van der Waals surface area contributed by atoms with Crippen LogP contribution >= 0.6 is 35.3 Å². The van der Waals surface area contributed by atoms with Crippen molar-refractivity contribution < 1.29 is 72.7 Å². The number of anilines is 4. The highest BCUT2D eigenvalue weighted by Gasteiger charge is 2.40. The molecule has 12 rings (SSSR count). The molecular weight excluding hydrogens is 1240 g/mol. The molecule has 5 aromatic rings. The molecule has 13 unspecified atom stereocenters. The van der Waals surface area contributed by atoms with Gasteiger partial charge < -0.3 is 81.0 Å². The first-order valence-electron chi connectivity index (χ1n) is 26.9. The quantitative estimate of drug-likeness (QED) is 0.0331. The number of ketones is 1. The second kappa shape index (κ2) is 31.5. The largest absolute Gasteiger partial charge is 0.394 e. The summed E-state index contributed by atoms with van der Waals surface area (Å²) in [4.78, 5) is 86.6. The predicted molar refractivity (Wildman–Crippen MR) is 317 cm³/mol. The summed E-state index contributed by atoms with van der Waals surface area (Å²) in [6, 6.07) is 1.11. The van der Waals surface area contributed by atoms with E-state index in [1.165, 1.54) is 39.7 Å². The summed E-state index contributed by atoms with van der Waals surface area (Å²) in [6.07, 6.45) is 8.03. The minimum Gasteiger partial charge on any atom is -0.394 e. The molecule has 13 atom stereocenters. The molecule has 0 saturated carbocycles. The first-order chi connectivity index (χ1) is 42.2. The molecular formula is C50H66F2N18O16S3. The maximum absolute atomic E-state index is 13.0. The number of nitrogen functional groups attached to an aromatic ring is 3. The van der Waals surface area contributed by atoms with Crippen molar-refractivity contribution in [2.45, 2.75) is 119 Å². The van der Waals surface area contributed by atoms with Gasteiger partial charge in [0.15, 0.2) is 71.0 Å². The second-order valence-electron chi connectivity index (χ2n) is 20.3. The van der Waals surface area contributed by atoms with Crippen LogP contribution in [0.5, 0.6) is 0 Å². The molecule has 0 aromatic carbocycles. The predicted octanol–water partition coefficient (Wildman–Crippen LogP) is 0.270. The van der Waals surface area contributed by atoms with Crippen LogP contribution in [0.4, 0.5) is 32.1 Å². The number of hydrogen-bond donors (Lipinski definition) is 9. The Bertz CT molecular complexity index is 3510. The normalized spacial score (nSPS) is 27.6. The fourth-order valence-electron chi connectivity index (χ4n) is 8.93. The summed E-state index contributed by atoms with van der Waals surface area (Å²) in [5, 5.41) is 58.2. The Hall–Kier alpha value is -7.21. The Morgan fingerprint density at radius 1 is 0.753 bits per heavy atom. The number of aliphatic hydroxyl groups is 6. The van der Waals surface area contributed by atoms with Crippen molar-refractivity contribution in [3.8, 4) is 0 Å². The number of thioether (sulfide) groups is 3. The maximum atomic E-state index is 13.0. The van der Waals surface area contributed by atoms with Crippen molar-refractivity contribution in [2.24, 2.45) is 11.0 Å². The van der Waals surface area contributed by atoms with Crippen molar-refractivity contribution in [1.82, 2.24) is 53.1 Å². The third-order valence-corrected chi connectivity index (χ3v) is 16.0. The van der Waals surface area contributed by atoms with Gasteiger partial charge in [0.25, 0.3) is 0 Å². The van der Waals surface area contributed by atoms with Crippen LogP contribution in [0.1, 0.15) is 70.1 Å². The van der Waals surface area contributed by atoms with Crippen LogP contribution in [0.25, 0.3) is 21.6 Å². The number of halogens is 2. The highest BCUT2D eigenvalue weighted by molar-refractivity contribution is 8.00. The Kier molecular flexibility index (Phi) is 24.5. The Morgan fingerprint density at radius 2 is 1.31 bits per heavy atom. The molecule has 6 aliphatic heterocycles. The summed E-state index contributed by atoms with van der Waals surface area (Å²) >= 11 is 3.45. The molecule has 89 heavy (non-hydrogen) atoms. The van der Waals surface area contributed by atoms with Crippen LogP contribution in [0, 0.1) is 24.5 Å². The number of carbonyl (C=O) groups is 2. The van der Waals surface area contributed by atoms with Crippen LogP contribution < -0.4 is 39.2 Å². The summed E-state index contributed by atoms with van der Waals surface area (Å²) in [7, 11) is 3.89. The van der Waals surface area contributed by atoms with E-state index in [9.17, 15) is 37.9 Å². The van der Waals surface area contributed by atoms with Crippen LogP contribution in [0.3, 0.4) is 0 Å². The van der Waals surface area contributed by atoms with Crippen molar-refractivity contribution >= 4 is 81.4 Å². The third-order valence-electron chi connectivity index (χ3n) is 13.4. The summed E-state index contributed by atoms with van der Waals surface area (Å²) < 4.78 is 56.6. The van der Waals surface area contributed by atoms with Gasteiger partial charge in [0.2, 0.25) is 22.8 Å². The van der Waals surface area contributed by atoms with Gasteiger partial charge in [-0.3, -0.25) is 28.2 Å². The van der Waals surface area contributed by atoms with Gasteiger partial charge in [-0.1, -0.05) is 59.5 Å². The number of azide groups is 1. The lowest BCUT2D eigenvalue weighted by atomic mass is 10.1. The molecule has 484 valence electrons. The van der Waals surface area contributed by atoms with Crippen molar-refractivity contribution in [3.05, 3.63) is 114 Å². The van der Waals surface area contributed by atoms with Gasteiger partial charge in [-0.25, -0.2) is 38.1 Å². The number of fused-ring (bicyclic) bond motifs is 1. The Balaban J connectivity index is 0.000000155. The number of rotatable bonds is 8. The third kappa shape index (κ3) is 18.5. The minimum absolute atomic E-state index is 0.115. The lowest BCUT2D eigenvalue weighted by Gasteiger charge is -2.28. The molecule has 0 radical (unpaired) electrons. The molecule has 39 heteroatoms. The van der Waals surface area contributed by atoms with E-state index in [2.05, 4.69) is 46.9 Å². The van der Waals surface area contributed by atoms with Gasteiger partial charge in [0.05, 0.1) is 62.6 Å². The van der Waals surface area contributed by atoms with Gasteiger partial charge >= 0.3 is 17.1 Å². The first-order valence-corrected chi connectivity index (χ1v) is 30.0. The van der Waals surface area contributed by atoms with Crippen LogP contribution in [0.2, 0.25) is 0 Å². The standard InChI is InChI=1S/C13H17N5O.C11H14N4O4.2C7H8FN3O3S.C7H9N3O3S.C5H10O2/c1-8-15-12(17(2)3)11-13(16-8)18(7-14-11)9-4-5-10(19)6-9;1-6-4-15(10(18)3-8(6)17)11-2-7(13-14-12)9(5-16)19-11;2*8-3-1-11(6(12)10-5(3)9)4-2-15-7(13)14-4;8-4-1-2-10(6(11)9-4)5-3-14-7(12)13-5;1-4-2-5(6)7-3-4/h4-5,7,9-10,19H,6H2,1-3H3;4,7,9,11,16H,2-3,5H2,1H3;2*1,4,7,13H,2H2,(H2,9,10,12);1-2,5,7,12H,3H2,(H2,8,9,11);4-6H,2-3H2,1H3. The number of amides is 1. The van der Waals surface area contributed by atoms with E-state index in [-0.39, 0.29) is 42.7 Å². The SMILES string of the molecule is CC1=CN(C2CC(N=[N+]=[N-])C(CO)O2)C(=O)CC1=O.CC1COC(O)C1.Cc1nc(N(C)C)c2ncn(C3C=CC(O)C3)c2n1.Nc1ccn(C2CSC(O)O2)c(=O)n1.Nc1nc(=O)n(C2CSC(O)O2)cc1F.Nc1nc(=O)n(C2CSC(O)O2)cc1F. The zero-order valence-electron chi connectivity index (χ0n) is 48.2. The molecule has 0 spiro atoms. The molecule has 5 saturated heterocycles. The smallest absolute Gasteiger partial charge is 0.351 e. The summed E-state index contributed by atoms with van der Waals surface area (Å²) in [5.74, 6) is 0.490. The number of allylic oxidation sites excluding steroid dienone is 2. The van der Waals surface area contributed by atoms with E-state index >= 15 is 0 Å². The van der Waals surface area contributed by atoms with E-state index in [1.807, 2.05) is 42.6 Å². The average Bonchev–Trinajstić information content (AvgIpc) is 2.80. The van der Waals surface area contributed by atoms with Crippen molar-refractivity contribution in [3.63, 3.8) is 0 Å². The van der Waals surface area contributed by atoms with E-state index in [1.54, 1.807) is 13.3 Å². The monoisotopic (exact) mass is 1310 g/mol. The van der Waals surface area contributed by atoms with E-state index in [0.717, 1.165) is 80.9 Å². The Labute approximate surface area is 515 Å². The number of carbonyl (C=O) groups excluding carboxylic acids is 2. The van der Waals surface area contributed by atoms with Gasteiger partial charge in [-0.15, -0.1) is 0 Å². The van der Waals surface area contributed by atoms with Gasteiger partial charge in [0, 0.05) is 73.5 Å². The second-order valence-corrected chi connectivity index (χ2v) is 23.5. The number of ether oxygens (including phenoxy) is 5. The van der Waals surface area contributed by atoms with Crippen LogP contribution in [-0.4, -0.2) is 188 Å². The fraction of sp³-hybridized carbons (Fsp3) is 0.540. The minimum atomic E-state index is -0.998. The van der Waals surface area contributed by atoms with E-state index in [4.69, 9.17) is 71.9 Å². The van der Waals surface area contributed by atoms with Crippen molar-refractivity contribution in [2.75, 3.05) is 66.7 Å². The number of hydrogen-bond acceptors (Lipinski definition) is 30. The zero-order chi connectivity index (χ0) is 65.0. The Morgan fingerprint density at radius 3 is 1.76 bits per heavy atom. The number of nitrogens with two attached hydrogens (primary N) is 3. The zero-order valence-corrected chi connectivity index (χ0v) is 50.6. The van der Waals surface area contributed by atoms with Gasteiger partial charge in [-0.05, 0) is 31.4 Å². The molecule has 1 aliphatic carbocycles. The average molecular weight is 1310 g/mol. The van der Waals surface area contributed by atoms with E-state index in [0.29, 0.717) is 41.6 Å². The van der Waals surface area contributed by atoms with E-state index < -0.39 is 101 Å². The lowest BCUT2D eigenvalue weighted by molar-refractivity contribution is -0.144. The first kappa shape index (κ1) is 69.3. The molecule has 34 nitrogen and oxygen atoms in total. The molecule has 5 fully saturated rings. The number of aryl methyl sites for hydroxylation is 1. The molecule has 0 bridgehead atoms. The number of imidazole rings is 1. The summed E-state index contributed by atoms with van der Waals surface area (Å²) in [6.45, 7) is 6.01. The molecule has 11 heterocycles. The van der Waals surface area contributed by atoms with Gasteiger partial charge in [-0.2, -0.15) is 15.0 Å². The lowest BCUT2D eigenvalue weighted by Crippen LogP contribution is -2.40. The van der Waals surface area contributed by atoms with Crippen LogP contribution in [-0.2, 0) is 33.3 Å². The van der Waals surface area contributed by atoms with Gasteiger partial charge in [0.1, 0.15) is 17.9 Å². The number of nitrogens with zero attached hydrogens (tertiary/aromatic N) is 15. The highest BCUT2D eigenvalue weighted by Crippen LogP contribution is 2.33. The maximum Gasteiger partial charge on any atom is 0.351 e. The molecule has 7 aliphatic rings. The van der Waals surface area contributed by atoms with Crippen molar-refractivity contribution in [1.29, 1.82) is 0 Å². The topological polar surface area (TPSA) is 483 Å². The number of Topliss-reactive ketones (excluding diaryl/α,β-unsaturated/α-hetero) is 1. The highest BCUT2D eigenvalue weighted by atomic mass is 32.2. The number of aliphatic hydroxyl groups excluding tert-OH is 6. The molecule has 5 aromatic heterocycles. The van der Waals surface area contributed by atoms with Crippen LogP contribution in [0.15, 0.2) is 74.4 Å². The summed E-state index contributed by atoms with van der Waals surface area (Å²) in [5.41, 5.74) is 21.4. The molecule has 1 amide bonds. The molecule has 12 N–H and O–H groups in total. The number of aromatic nitrogens is 10.